The summed E-state index contributed by atoms with van der Waals surface area (Å²) in [6.45, 7) is 4.67. The number of rotatable bonds is 9. The highest BCUT2D eigenvalue weighted by atomic mass is 35.5. The van der Waals surface area contributed by atoms with Crippen LogP contribution in [0.25, 0.3) is 0 Å². The molecule has 9 unspecified atom stereocenters. The molecule has 0 aromatic carbocycles. The SMILES string of the molecule is Cc1nc2c(c(=O)n1CCOC1CCC(Cl)CC1C1CC(C)NC3C(C(=O)NS(C)(=O)=O)CSC13)CC(N(C)C1CC(F)(F)C1)CC2. The van der Waals surface area contributed by atoms with Crippen LogP contribution in [0.2, 0.25) is 0 Å². The van der Waals surface area contributed by atoms with Gasteiger partial charge in [0.25, 0.3) is 11.5 Å². The number of nitrogens with one attached hydrogen (secondary N) is 2. The van der Waals surface area contributed by atoms with Crippen LogP contribution in [0.4, 0.5) is 8.78 Å². The van der Waals surface area contributed by atoms with Gasteiger partial charge in [-0.3, -0.25) is 23.8 Å². The topological polar surface area (TPSA) is 123 Å². The predicted molar refractivity (Wildman–Crippen MR) is 179 cm³/mol. The first-order valence-electron chi connectivity index (χ1n) is 16.9. The number of thioether (sulfide) groups is 1. The molecule has 0 spiro atoms. The van der Waals surface area contributed by atoms with Gasteiger partial charge >= 0.3 is 0 Å². The van der Waals surface area contributed by atoms with Crippen molar-refractivity contribution >= 4 is 39.3 Å². The van der Waals surface area contributed by atoms with Gasteiger partial charge in [-0.15, -0.1) is 11.6 Å². The van der Waals surface area contributed by atoms with Crippen LogP contribution < -0.4 is 15.6 Å². The van der Waals surface area contributed by atoms with Gasteiger partial charge in [0.2, 0.25) is 15.9 Å². The maximum Gasteiger partial charge on any atom is 0.257 e. The van der Waals surface area contributed by atoms with Gasteiger partial charge in [0.15, 0.2) is 0 Å². The number of hydrogen-bond acceptors (Lipinski definition) is 9. The van der Waals surface area contributed by atoms with Crippen molar-refractivity contribution in [2.45, 2.75) is 125 Å². The van der Waals surface area contributed by atoms with Crippen LogP contribution in [0.15, 0.2) is 4.79 Å². The number of carbonyl (C=O) groups excluding carboxylic acids is 1. The summed E-state index contributed by atoms with van der Waals surface area (Å²) in [7, 11) is -1.75. The molecule has 1 amide bonds. The predicted octanol–water partition coefficient (Wildman–Crippen LogP) is 3.11. The molecule has 15 heteroatoms. The largest absolute Gasteiger partial charge is 0.376 e. The van der Waals surface area contributed by atoms with E-state index in [9.17, 15) is 26.8 Å². The van der Waals surface area contributed by atoms with Crippen LogP contribution in [-0.4, -0.2) is 101 Å². The van der Waals surface area contributed by atoms with Gasteiger partial charge in [0.1, 0.15) is 5.82 Å². The van der Waals surface area contributed by atoms with E-state index in [1.54, 1.807) is 16.3 Å². The average molecular weight is 720 g/mol. The molecule has 2 N–H and O–H groups in total. The van der Waals surface area contributed by atoms with Gasteiger partial charge in [0, 0.05) is 59.0 Å². The number of ether oxygens (including phenoxy) is 1. The fraction of sp³-hybridized carbons (Fsp3) is 0.844. The highest BCUT2D eigenvalue weighted by Gasteiger charge is 2.52. The zero-order valence-corrected chi connectivity index (χ0v) is 30.0. The molecule has 10 nitrogen and oxygen atoms in total. The van der Waals surface area contributed by atoms with E-state index in [2.05, 4.69) is 17.0 Å². The quantitative estimate of drug-likeness (QED) is 0.371. The van der Waals surface area contributed by atoms with Gasteiger partial charge in [-0.25, -0.2) is 22.2 Å². The van der Waals surface area contributed by atoms with Crippen molar-refractivity contribution in [1.29, 1.82) is 0 Å². The molecule has 2 saturated heterocycles. The fourth-order valence-corrected chi connectivity index (χ4v) is 11.5. The lowest BCUT2D eigenvalue weighted by atomic mass is 9.70. The summed E-state index contributed by atoms with van der Waals surface area (Å²) in [5, 5.41) is 3.75. The maximum absolute atomic E-state index is 13.8. The van der Waals surface area contributed by atoms with E-state index < -0.39 is 27.8 Å². The lowest BCUT2D eigenvalue weighted by molar-refractivity contribution is -0.127. The Kier molecular flexibility index (Phi) is 10.4. The van der Waals surface area contributed by atoms with Gasteiger partial charge in [-0.05, 0) is 77.7 Å². The van der Waals surface area contributed by atoms with Crippen LogP contribution >= 0.6 is 23.4 Å². The summed E-state index contributed by atoms with van der Waals surface area (Å²) >= 11 is 8.47. The van der Waals surface area contributed by atoms with Crippen LogP contribution in [0.1, 0.15) is 69.0 Å². The van der Waals surface area contributed by atoms with Gasteiger partial charge < -0.3 is 10.1 Å². The summed E-state index contributed by atoms with van der Waals surface area (Å²) < 4.78 is 61.1. The Morgan fingerprint density at radius 3 is 2.66 bits per heavy atom. The normalized spacial score (nSPS) is 35.6. The second-order valence-corrected chi connectivity index (χ2v) is 18.2. The summed E-state index contributed by atoms with van der Waals surface area (Å²) in [4.78, 5) is 33.5. The van der Waals surface area contributed by atoms with Crippen molar-refractivity contribution in [3.63, 3.8) is 0 Å². The number of piperidine rings is 1. The number of sulfonamides is 1. The van der Waals surface area contributed by atoms with Crippen LogP contribution in [0, 0.1) is 24.7 Å². The van der Waals surface area contributed by atoms with Gasteiger partial charge in [-0.1, -0.05) is 0 Å². The molecule has 4 fully saturated rings. The Morgan fingerprint density at radius 2 is 1.96 bits per heavy atom. The van der Waals surface area contributed by atoms with E-state index in [1.807, 2.05) is 18.9 Å². The number of nitrogens with zero attached hydrogens (tertiary/aromatic N) is 3. The first kappa shape index (κ1) is 35.5. The van der Waals surface area contributed by atoms with Gasteiger partial charge in [-0.2, -0.15) is 11.8 Å². The molecule has 0 radical (unpaired) electrons. The molecule has 0 bridgehead atoms. The fourth-order valence-electron chi connectivity index (χ4n) is 8.82. The minimum Gasteiger partial charge on any atom is -0.376 e. The maximum atomic E-state index is 13.8. The average Bonchev–Trinajstić information content (AvgIpc) is 3.40. The highest BCUT2D eigenvalue weighted by molar-refractivity contribution is 8.00. The zero-order chi connectivity index (χ0) is 33.8. The van der Waals surface area contributed by atoms with Crippen molar-refractivity contribution in [3.05, 3.63) is 27.4 Å². The summed E-state index contributed by atoms with van der Waals surface area (Å²) in [5.74, 6) is -1.87. The third-order valence-electron chi connectivity index (χ3n) is 11.3. The van der Waals surface area contributed by atoms with Crippen molar-refractivity contribution in [2.75, 3.05) is 25.7 Å². The molecule has 1 aromatic rings. The van der Waals surface area contributed by atoms with Crippen LogP contribution in [-0.2, 0) is 38.9 Å². The van der Waals surface area contributed by atoms with Gasteiger partial charge in [0.05, 0.1) is 37.1 Å². The van der Waals surface area contributed by atoms with Crippen LogP contribution in [0.3, 0.4) is 0 Å². The van der Waals surface area contributed by atoms with Crippen molar-refractivity contribution < 1.29 is 26.7 Å². The number of aromatic nitrogens is 2. The standard InChI is InChI=1S/C32H48ClF2N5O5S2/c1-17-11-23(29-28(36-17)25(16-46-29)30(41)38-47(4,43)44)22-12-19(33)5-8-27(22)45-10-9-40-18(2)37-26-7-6-20(13-24(26)31(40)42)39(3)21-14-32(34,35)15-21/h17,19-23,25,27-29,36H,5-16H2,1-4H3,(H,38,41). The molecule has 2 saturated carbocycles. The van der Waals surface area contributed by atoms with E-state index in [-0.39, 0.29) is 71.1 Å². The molecule has 5 aliphatic rings. The third kappa shape index (κ3) is 7.72. The van der Waals surface area contributed by atoms with E-state index in [0.29, 0.717) is 43.1 Å². The number of alkyl halides is 3. The molecule has 9 atom stereocenters. The Morgan fingerprint density at radius 1 is 1.21 bits per heavy atom. The zero-order valence-electron chi connectivity index (χ0n) is 27.6. The second kappa shape index (κ2) is 13.8. The molecular weight excluding hydrogens is 672 g/mol. The van der Waals surface area contributed by atoms with Crippen molar-refractivity contribution in [2.24, 2.45) is 17.8 Å². The summed E-state index contributed by atoms with van der Waals surface area (Å²) in [5.41, 5.74) is 1.44. The first-order chi connectivity index (χ1) is 22.1. The molecule has 2 aliphatic heterocycles. The molecule has 3 heterocycles. The Bertz CT molecular complexity index is 1510. The lowest BCUT2D eigenvalue weighted by Crippen LogP contribution is -2.58. The molecular formula is C32H48ClF2N5O5S2. The Labute approximate surface area is 285 Å². The number of hydrogen-bond donors (Lipinski definition) is 2. The number of likely N-dealkylation sites (N-methyl/N-ethyl adjacent to an activating group) is 1. The highest BCUT2D eigenvalue weighted by Crippen LogP contribution is 2.48. The third-order valence-corrected chi connectivity index (χ3v) is 13.8. The lowest BCUT2D eigenvalue weighted by Gasteiger charge is -2.47. The van der Waals surface area contributed by atoms with E-state index in [4.69, 9.17) is 21.3 Å². The van der Waals surface area contributed by atoms with E-state index in [0.717, 1.165) is 44.1 Å². The number of fused-ring (bicyclic) bond motifs is 2. The number of carbonyl (C=O) groups is 1. The molecule has 6 rings (SSSR count). The van der Waals surface area contributed by atoms with Crippen molar-refractivity contribution in [1.82, 2.24) is 24.5 Å². The molecule has 264 valence electrons. The van der Waals surface area contributed by atoms with Crippen LogP contribution in [0.5, 0.6) is 0 Å². The molecule has 1 aromatic heterocycles. The smallest absolute Gasteiger partial charge is 0.257 e. The number of amides is 1. The Balaban J connectivity index is 1.12. The van der Waals surface area contributed by atoms with E-state index >= 15 is 0 Å². The van der Waals surface area contributed by atoms with E-state index in [1.165, 1.54) is 0 Å². The number of aryl methyl sites for hydroxylation is 2. The summed E-state index contributed by atoms with van der Waals surface area (Å²) in [6, 6.07) is -0.105. The first-order valence-corrected chi connectivity index (χ1v) is 20.3. The second-order valence-electron chi connectivity index (χ2n) is 14.6. The van der Waals surface area contributed by atoms with Crippen molar-refractivity contribution in [3.8, 4) is 0 Å². The minimum absolute atomic E-state index is 0.0335. The molecule has 3 aliphatic carbocycles. The minimum atomic E-state index is -3.65. The Hall–Kier alpha value is -1.32. The number of halogens is 3. The summed E-state index contributed by atoms with van der Waals surface area (Å²) in [6.07, 6.45) is 6.04. The molecule has 47 heavy (non-hydrogen) atoms. The monoisotopic (exact) mass is 719 g/mol.